The van der Waals surface area contributed by atoms with Crippen molar-refractivity contribution in [3.8, 4) is 17.2 Å². The van der Waals surface area contributed by atoms with Crippen molar-refractivity contribution >= 4 is 11.5 Å². The number of carbonyl (C=O) groups is 1. The molecule has 0 saturated carbocycles. The number of ketones is 1. The summed E-state index contributed by atoms with van der Waals surface area (Å²) in [5, 5.41) is 43.2. The molecule has 2 aromatic rings. The van der Waals surface area contributed by atoms with E-state index in [9.17, 15) is 25.4 Å². The second-order valence-electron chi connectivity index (χ2n) is 4.65. The summed E-state index contributed by atoms with van der Waals surface area (Å²) in [6, 6.07) is 2.41. The minimum absolute atomic E-state index is 0.00718. The molecule has 1 unspecified atom stereocenters. The average molecular weight is 293 g/mol. The van der Waals surface area contributed by atoms with Crippen LogP contribution in [0.2, 0.25) is 0 Å². The van der Waals surface area contributed by atoms with Crippen molar-refractivity contribution in [1.29, 1.82) is 0 Å². The van der Waals surface area contributed by atoms with E-state index in [0.717, 1.165) is 4.68 Å². The zero-order chi connectivity index (χ0) is 15.9. The van der Waals surface area contributed by atoms with E-state index in [1.165, 1.54) is 32.9 Å². The Kier molecular flexibility index (Phi) is 3.69. The molecule has 112 valence electrons. The lowest BCUT2D eigenvalue weighted by Crippen LogP contribution is -2.99. The average Bonchev–Trinajstić information content (AvgIpc) is 2.66. The van der Waals surface area contributed by atoms with Gasteiger partial charge in [-0.05, 0) is 32.9 Å². The maximum Gasteiger partial charge on any atom is 0.208 e. The number of quaternary nitrogens is 1. The summed E-state index contributed by atoms with van der Waals surface area (Å²) in [5.74, 6) is -1.05. The standard InChI is InChI=1S/C13H15N3O5/c1-6-12(16(20)21)7(2)15(14-6)13-10(19)5-4-9(18)11(13)8(3)17/h4-5,16,18-20H,1-3H3. The summed E-state index contributed by atoms with van der Waals surface area (Å²) in [4.78, 5) is 11.7. The summed E-state index contributed by atoms with van der Waals surface area (Å²) in [6.07, 6.45) is 0. The van der Waals surface area contributed by atoms with Crippen LogP contribution >= 0.6 is 0 Å². The lowest BCUT2D eigenvalue weighted by molar-refractivity contribution is -0.991. The van der Waals surface area contributed by atoms with Crippen LogP contribution in [0.5, 0.6) is 11.5 Å². The van der Waals surface area contributed by atoms with Gasteiger partial charge in [0, 0.05) is 0 Å². The van der Waals surface area contributed by atoms with Crippen LogP contribution in [0.15, 0.2) is 12.1 Å². The number of Topliss-reactive ketones (excluding diaryl/α,β-unsaturated/α-hetero) is 1. The predicted octanol–water partition coefficient (Wildman–Crippen LogP) is 0.506. The first kappa shape index (κ1) is 15.0. The van der Waals surface area contributed by atoms with Crippen molar-refractivity contribution < 1.29 is 25.4 Å². The van der Waals surface area contributed by atoms with Crippen molar-refractivity contribution in [2.24, 2.45) is 0 Å². The number of aryl methyl sites for hydroxylation is 1. The Hall–Kier alpha value is -2.42. The quantitative estimate of drug-likeness (QED) is 0.371. The van der Waals surface area contributed by atoms with Gasteiger partial charge in [-0.25, -0.2) is 9.89 Å². The van der Waals surface area contributed by atoms with E-state index in [1.807, 2.05) is 0 Å². The van der Waals surface area contributed by atoms with E-state index in [1.54, 1.807) is 0 Å². The molecule has 21 heavy (non-hydrogen) atoms. The minimum Gasteiger partial charge on any atom is -0.595 e. The number of nitrogens with one attached hydrogen (secondary N) is 1. The van der Waals surface area contributed by atoms with Crippen LogP contribution in [0.25, 0.3) is 5.69 Å². The molecule has 8 nitrogen and oxygen atoms in total. The van der Waals surface area contributed by atoms with Crippen molar-refractivity contribution in [1.82, 2.24) is 9.78 Å². The summed E-state index contributed by atoms with van der Waals surface area (Å²) in [5.41, 5.74) is 0.348. The van der Waals surface area contributed by atoms with Crippen molar-refractivity contribution in [2.75, 3.05) is 0 Å². The van der Waals surface area contributed by atoms with Crippen LogP contribution in [0.3, 0.4) is 0 Å². The van der Waals surface area contributed by atoms with Crippen LogP contribution in [-0.2, 0) is 0 Å². The van der Waals surface area contributed by atoms with E-state index in [4.69, 9.17) is 0 Å². The van der Waals surface area contributed by atoms with E-state index >= 15 is 0 Å². The fourth-order valence-electron chi connectivity index (χ4n) is 2.30. The molecule has 1 aromatic heterocycles. The Morgan fingerprint density at radius 3 is 2.33 bits per heavy atom. The van der Waals surface area contributed by atoms with Crippen LogP contribution < -0.4 is 5.23 Å². The zero-order valence-electron chi connectivity index (χ0n) is 11.7. The predicted molar refractivity (Wildman–Crippen MR) is 72.1 cm³/mol. The third-order valence-corrected chi connectivity index (χ3v) is 3.20. The Labute approximate surface area is 120 Å². The van der Waals surface area contributed by atoms with Gasteiger partial charge in [0.05, 0.1) is 5.56 Å². The van der Waals surface area contributed by atoms with E-state index < -0.39 is 11.0 Å². The number of hydrogen-bond donors (Lipinski definition) is 4. The number of aromatic hydroxyl groups is 2. The lowest BCUT2D eigenvalue weighted by Gasteiger charge is -2.14. The molecule has 0 amide bonds. The molecule has 0 saturated heterocycles. The molecule has 2 rings (SSSR count). The highest BCUT2D eigenvalue weighted by Gasteiger charge is 2.25. The van der Waals surface area contributed by atoms with E-state index in [2.05, 4.69) is 5.10 Å². The highest BCUT2D eigenvalue weighted by atomic mass is 16.8. The fourth-order valence-corrected chi connectivity index (χ4v) is 2.30. The fraction of sp³-hybridized carbons (Fsp3) is 0.231. The molecule has 0 spiro atoms. The van der Waals surface area contributed by atoms with Gasteiger partial charge < -0.3 is 15.4 Å². The van der Waals surface area contributed by atoms with Crippen LogP contribution in [0.1, 0.15) is 28.7 Å². The minimum atomic E-state index is -1.15. The topological polar surface area (TPSA) is 123 Å². The van der Waals surface area contributed by atoms with Gasteiger partial charge >= 0.3 is 0 Å². The largest absolute Gasteiger partial charge is 0.595 e. The van der Waals surface area contributed by atoms with Gasteiger partial charge in [-0.1, -0.05) is 0 Å². The molecule has 0 fully saturated rings. The Bertz CT molecular complexity index is 721. The second-order valence-corrected chi connectivity index (χ2v) is 4.65. The maximum absolute atomic E-state index is 11.7. The normalized spacial score (nSPS) is 12.4. The number of phenols is 2. The van der Waals surface area contributed by atoms with Gasteiger partial charge in [0.15, 0.2) is 5.78 Å². The number of phenolic OH excluding ortho intramolecular Hbond substituents is 2. The molecular weight excluding hydrogens is 278 g/mol. The van der Waals surface area contributed by atoms with Gasteiger partial charge in [-0.15, -0.1) is 0 Å². The van der Waals surface area contributed by atoms with Crippen molar-refractivity contribution in [3.63, 3.8) is 0 Å². The summed E-state index contributed by atoms with van der Waals surface area (Å²) < 4.78 is 1.16. The summed E-state index contributed by atoms with van der Waals surface area (Å²) in [7, 11) is 0. The Balaban J connectivity index is 2.83. The molecule has 0 radical (unpaired) electrons. The highest BCUT2D eigenvalue weighted by molar-refractivity contribution is 6.01. The Morgan fingerprint density at radius 2 is 1.86 bits per heavy atom. The van der Waals surface area contributed by atoms with Crippen LogP contribution in [0.4, 0.5) is 5.69 Å². The summed E-state index contributed by atoms with van der Waals surface area (Å²) in [6.45, 7) is 4.26. The molecule has 0 aliphatic carbocycles. The van der Waals surface area contributed by atoms with Gasteiger partial charge in [-0.3, -0.25) is 4.79 Å². The molecule has 4 N–H and O–H groups in total. The zero-order valence-corrected chi connectivity index (χ0v) is 11.7. The van der Waals surface area contributed by atoms with Gasteiger partial charge in [0.1, 0.15) is 28.6 Å². The first-order valence-electron chi connectivity index (χ1n) is 6.11. The van der Waals surface area contributed by atoms with Crippen molar-refractivity contribution in [2.45, 2.75) is 20.8 Å². The van der Waals surface area contributed by atoms with Crippen LogP contribution in [0, 0.1) is 19.1 Å². The second kappa shape index (κ2) is 5.17. The Morgan fingerprint density at radius 1 is 1.29 bits per heavy atom. The molecule has 1 aromatic carbocycles. The molecule has 8 heteroatoms. The molecule has 0 aliphatic rings. The first-order valence-corrected chi connectivity index (χ1v) is 6.11. The van der Waals surface area contributed by atoms with Gasteiger partial charge in [-0.2, -0.15) is 10.3 Å². The molecule has 1 heterocycles. The van der Waals surface area contributed by atoms with Crippen LogP contribution in [-0.4, -0.2) is 31.0 Å². The van der Waals surface area contributed by atoms with E-state index in [0.29, 0.717) is 0 Å². The summed E-state index contributed by atoms with van der Waals surface area (Å²) >= 11 is 0. The van der Waals surface area contributed by atoms with Crippen molar-refractivity contribution in [3.05, 3.63) is 34.3 Å². The first-order chi connectivity index (χ1) is 9.75. The third-order valence-electron chi connectivity index (χ3n) is 3.20. The number of aromatic nitrogens is 2. The third kappa shape index (κ3) is 2.35. The van der Waals surface area contributed by atoms with Gasteiger partial charge in [0.2, 0.25) is 5.69 Å². The number of nitrogens with zero attached hydrogens (tertiary/aromatic N) is 2. The van der Waals surface area contributed by atoms with Gasteiger partial charge in [0.25, 0.3) is 0 Å². The number of hydrogen-bond acceptors (Lipinski definition) is 6. The molecule has 0 aliphatic heterocycles. The SMILES string of the molecule is CC(=O)c1c(O)ccc(O)c1-n1nc(C)c([NH+]([O-])O)c1C. The molecular formula is C13H15N3O5. The highest BCUT2D eigenvalue weighted by Crippen LogP contribution is 2.34. The smallest absolute Gasteiger partial charge is 0.208 e. The lowest BCUT2D eigenvalue weighted by atomic mass is 10.1. The monoisotopic (exact) mass is 293 g/mol. The molecule has 0 bridgehead atoms. The number of rotatable bonds is 3. The maximum atomic E-state index is 11.7. The molecule has 1 atom stereocenters. The number of benzene rings is 1. The van der Waals surface area contributed by atoms with E-state index in [-0.39, 0.29) is 39.8 Å². The number of carbonyl (C=O) groups excluding carboxylic acids is 1.